The molecule has 1 unspecified atom stereocenters. The number of nitrogens with zero attached hydrogens (tertiary/aromatic N) is 1. The molecule has 0 aromatic heterocycles. The van der Waals surface area contributed by atoms with E-state index in [2.05, 4.69) is 12.6 Å². The molecule has 2 rings (SSSR count). The lowest BCUT2D eigenvalue weighted by Crippen LogP contribution is -2.21. The van der Waals surface area contributed by atoms with E-state index in [0.29, 0.717) is 0 Å². The molecule has 1 fully saturated rings. The SMILES string of the molecule is O=S(c1ccc(S)cc1)N1CCCC1. The Morgan fingerprint density at radius 3 is 2.29 bits per heavy atom. The predicted molar refractivity (Wildman–Crippen MR) is 60.9 cm³/mol. The van der Waals surface area contributed by atoms with E-state index in [1.807, 2.05) is 28.6 Å². The number of hydrogen-bond donors (Lipinski definition) is 1. The molecule has 0 spiro atoms. The molecular formula is C10H13NOS2. The normalized spacial score (nSPS) is 19.8. The molecule has 4 heteroatoms. The van der Waals surface area contributed by atoms with Crippen molar-refractivity contribution in [1.29, 1.82) is 0 Å². The van der Waals surface area contributed by atoms with Gasteiger partial charge < -0.3 is 0 Å². The van der Waals surface area contributed by atoms with Crippen LogP contribution in [0.25, 0.3) is 0 Å². The van der Waals surface area contributed by atoms with Crippen LogP contribution >= 0.6 is 12.6 Å². The fraction of sp³-hybridized carbons (Fsp3) is 0.400. The minimum absolute atomic E-state index is 0.879. The van der Waals surface area contributed by atoms with E-state index in [1.54, 1.807) is 0 Å². The lowest BCUT2D eigenvalue weighted by atomic mass is 10.4. The summed E-state index contributed by atoms with van der Waals surface area (Å²) in [6.07, 6.45) is 2.33. The van der Waals surface area contributed by atoms with E-state index in [-0.39, 0.29) is 0 Å². The van der Waals surface area contributed by atoms with Gasteiger partial charge >= 0.3 is 0 Å². The Hall–Kier alpha value is -0.320. The van der Waals surface area contributed by atoms with Crippen molar-refractivity contribution in [3.8, 4) is 0 Å². The van der Waals surface area contributed by atoms with Crippen LogP contribution < -0.4 is 0 Å². The van der Waals surface area contributed by atoms with Crippen LogP contribution in [-0.4, -0.2) is 21.6 Å². The number of thiol groups is 1. The highest BCUT2D eigenvalue weighted by Crippen LogP contribution is 2.18. The Bertz CT molecular complexity index is 330. The first-order valence-electron chi connectivity index (χ1n) is 4.73. The average molecular weight is 227 g/mol. The summed E-state index contributed by atoms with van der Waals surface area (Å²) in [6, 6.07) is 7.53. The summed E-state index contributed by atoms with van der Waals surface area (Å²) >= 11 is 4.20. The highest BCUT2D eigenvalue weighted by atomic mass is 32.2. The van der Waals surface area contributed by atoms with Crippen LogP contribution in [0, 0.1) is 0 Å². The van der Waals surface area contributed by atoms with Gasteiger partial charge in [0.05, 0.1) is 4.90 Å². The molecule has 2 nitrogen and oxygen atoms in total. The average Bonchev–Trinajstić information content (AvgIpc) is 2.71. The van der Waals surface area contributed by atoms with Gasteiger partial charge in [-0.15, -0.1) is 12.6 Å². The molecule has 1 saturated heterocycles. The first-order valence-corrected chi connectivity index (χ1v) is 6.28. The van der Waals surface area contributed by atoms with Crippen LogP contribution in [0.4, 0.5) is 0 Å². The molecule has 76 valence electrons. The molecule has 0 radical (unpaired) electrons. The van der Waals surface area contributed by atoms with Gasteiger partial charge in [0.1, 0.15) is 11.0 Å². The van der Waals surface area contributed by atoms with Gasteiger partial charge in [-0.05, 0) is 37.1 Å². The molecule has 1 aliphatic heterocycles. The summed E-state index contributed by atoms with van der Waals surface area (Å²) in [5.74, 6) is 0. The summed E-state index contributed by atoms with van der Waals surface area (Å²) in [4.78, 5) is 1.79. The third-order valence-electron chi connectivity index (χ3n) is 2.34. The molecule has 1 heterocycles. The van der Waals surface area contributed by atoms with E-state index >= 15 is 0 Å². The Balaban J connectivity index is 2.14. The zero-order chi connectivity index (χ0) is 9.97. The van der Waals surface area contributed by atoms with Crippen molar-refractivity contribution < 1.29 is 4.21 Å². The predicted octanol–water partition coefficient (Wildman–Crippen LogP) is 2.09. The van der Waals surface area contributed by atoms with Crippen LogP contribution in [0.15, 0.2) is 34.1 Å². The summed E-state index contributed by atoms with van der Waals surface area (Å²) in [5, 5.41) is 0. The molecule has 0 bridgehead atoms. The smallest absolute Gasteiger partial charge is 0.127 e. The number of rotatable bonds is 2. The van der Waals surface area contributed by atoms with Gasteiger partial charge in [-0.1, -0.05) is 0 Å². The zero-order valence-corrected chi connectivity index (χ0v) is 9.56. The summed E-state index contributed by atoms with van der Waals surface area (Å²) in [6.45, 7) is 1.91. The van der Waals surface area contributed by atoms with Crippen molar-refractivity contribution >= 4 is 23.6 Å². The minimum atomic E-state index is -0.968. The van der Waals surface area contributed by atoms with E-state index in [4.69, 9.17) is 0 Å². The van der Waals surface area contributed by atoms with Crippen LogP contribution in [0.1, 0.15) is 12.8 Å². The summed E-state index contributed by atoms with van der Waals surface area (Å²) in [5.41, 5.74) is 0. The Labute approximate surface area is 92.3 Å². The van der Waals surface area contributed by atoms with Crippen molar-refractivity contribution in [1.82, 2.24) is 4.31 Å². The highest BCUT2D eigenvalue weighted by molar-refractivity contribution is 7.82. The largest absolute Gasteiger partial charge is 0.237 e. The van der Waals surface area contributed by atoms with Crippen LogP contribution in [0.5, 0.6) is 0 Å². The molecule has 0 amide bonds. The van der Waals surface area contributed by atoms with Gasteiger partial charge in [0.15, 0.2) is 0 Å². The Morgan fingerprint density at radius 2 is 1.71 bits per heavy atom. The Morgan fingerprint density at radius 1 is 1.14 bits per heavy atom. The second-order valence-electron chi connectivity index (χ2n) is 3.38. The van der Waals surface area contributed by atoms with E-state index < -0.39 is 11.0 Å². The number of hydrogen-bond acceptors (Lipinski definition) is 2. The fourth-order valence-electron chi connectivity index (χ4n) is 1.57. The third kappa shape index (κ3) is 2.19. The topological polar surface area (TPSA) is 20.3 Å². The molecule has 1 atom stereocenters. The van der Waals surface area contributed by atoms with Crippen LogP contribution in [-0.2, 0) is 11.0 Å². The van der Waals surface area contributed by atoms with Gasteiger partial charge in [-0.25, -0.2) is 8.51 Å². The monoisotopic (exact) mass is 227 g/mol. The highest BCUT2D eigenvalue weighted by Gasteiger charge is 2.18. The molecule has 0 aliphatic carbocycles. The molecule has 1 aliphatic rings. The van der Waals surface area contributed by atoms with Gasteiger partial charge in [-0.3, -0.25) is 0 Å². The molecule has 1 aromatic rings. The van der Waals surface area contributed by atoms with Crippen molar-refractivity contribution in [2.75, 3.05) is 13.1 Å². The molecule has 0 saturated carbocycles. The summed E-state index contributed by atoms with van der Waals surface area (Å²) in [7, 11) is -0.968. The van der Waals surface area contributed by atoms with Gasteiger partial charge in [0.2, 0.25) is 0 Å². The quantitative estimate of drug-likeness (QED) is 0.767. The standard InChI is InChI=1S/C10H13NOS2/c12-14(11-7-1-2-8-11)10-5-3-9(13)4-6-10/h3-6,13H,1-2,7-8H2. The van der Waals surface area contributed by atoms with Crippen molar-refractivity contribution in [2.24, 2.45) is 0 Å². The van der Waals surface area contributed by atoms with Crippen LogP contribution in [0.2, 0.25) is 0 Å². The molecular weight excluding hydrogens is 214 g/mol. The van der Waals surface area contributed by atoms with Gasteiger partial charge in [-0.2, -0.15) is 0 Å². The second-order valence-corrected chi connectivity index (χ2v) is 5.38. The molecule has 14 heavy (non-hydrogen) atoms. The number of benzene rings is 1. The first kappa shape index (κ1) is 10.2. The van der Waals surface area contributed by atoms with E-state index in [9.17, 15) is 4.21 Å². The minimum Gasteiger partial charge on any atom is -0.237 e. The zero-order valence-electron chi connectivity index (χ0n) is 7.85. The second kappa shape index (κ2) is 4.47. The fourth-order valence-corrected chi connectivity index (χ4v) is 2.97. The maximum Gasteiger partial charge on any atom is 0.127 e. The van der Waals surface area contributed by atoms with Crippen molar-refractivity contribution in [3.63, 3.8) is 0 Å². The van der Waals surface area contributed by atoms with Crippen LogP contribution in [0.3, 0.4) is 0 Å². The third-order valence-corrected chi connectivity index (χ3v) is 4.15. The lowest BCUT2D eigenvalue weighted by molar-refractivity contribution is 0.536. The lowest BCUT2D eigenvalue weighted by Gasteiger charge is -2.13. The van der Waals surface area contributed by atoms with Gasteiger partial charge in [0, 0.05) is 18.0 Å². The summed E-state index contributed by atoms with van der Waals surface area (Å²) < 4.78 is 14.0. The maximum absolute atomic E-state index is 12.0. The first-order chi connectivity index (χ1) is 6.77. The van der Waals surface area contributed by atoms with Crippen molar-refractivity contribution in [3.05, 3.63) is 24.3 Å². The van der Waals surface area contributed by atoms with Crippen molar-refractivity contribution in [2.45, 2.75) is 22.6 Å². The van der Waals surface area contributed by atoms with E-state index in [0.717, 1.165) is 35.7 Å². The Kier molecular flexibility index (Phi) is 3.26. The molecule has 0 N–H and O–H groups in total. The van der Waals surface area contributed by atoms with Gasteiger partial charge in [0.25, 0.3) is 0 Å². The molecule has 1 aromatic carbocycles. The van der Waals surface area contributed by atoms with E-state index in [1.165, 1.54) is 0 Å². The maximum atomic E-state index is 12.0.